The largest absolute Gasteiger partial charge is 0.481 e. The van der Waals surface area contributed by atoms with Crippen LogP contribution in [0.5, 0.6) is 0 Å². The molecule has 1 fully saturated rings. The van der Waals surface area contributed by atoms with Crippen LogP contribution in [0.15, 0.2) is 0 Å². The number of primary amides is 1. The Labute approximate surface area is 83.5 Å². The summed E-state index contributed by atoms with van der Waals surface area (Å²) in [5.74, 6) is -1.17. The number of carbonyl (C=O) groups excluding carboxylic acids is 1. The van der Waals surface area contributed by atoms with Crippen LogP contribution in [0.4, 0.5) is 0 Å². The summed E-state index contributed by atoms with van der Waals surface area (Å²) in [5, 5.41) is 8.59. The van der Waals surface area contributed by atoms with Gasteiger partial charge < -0.3 is 10.8 Å². The highest BCUT2D eigenvalue weighted by Gasteiger charge is 2.37. The molecule has 4 nitrogen and oxygen atoms in total. The van der Waals surface area contributed by atoms with Crippen LogP contribution in [0.25, 0.3) is 0 Å². The van der Waals surface area contributed by atoms with Crippen molar-refractivity contribution in [3.05, 3.63) is 0 Å². The van der Waals surface area contributed by atoms with Gasteiger partial charge in [0.15, 0.2) is 0 Å². The normalized spacial score (nSPS) is 20.3. The van der Waals surface area contributed by atoms with Gasteiger partial charge in [-0.15, -0.1) is 0 Å². The first-order valence-electron chi connectivity index (χ1n) is 5.08. The van der Waals surface area contributed by atoms with Crippen LogP contribution in [0.1, 0.15) is 44.9 Å². The standard InChI is InChI=1S/C10H17NO3/c11-9(14)10(7-4-8(12)13)5-2-1-3-6-10/h1-7H2,(H2,11,14)(H,12,13). The van der Waals surface area contributed by atoms with Crippen LogP contribution in [0.2, 0.25) is 0 Å². The van der Waals surface area contributed by atoms with Crippen molar-refractivity contribution in [3.63, 3.8) is 0 Å². The van der Waals surface area contributed by atoms with Crippen LogP contribution < -0.4 is 5.73 Å². The first-order chi connectivity index (χ1) is 6.57. The van der Waals surface area contributed by atoms with Gasteiger partial charge in [-0.25, -0.2) is 0 Å². The topological polar surface area (TPSA) is 80.4 Å². The molecule has 3 N–H and O–H groups in total. The number of carboxylic acid groups (broad SMARTS) is 1. The maximum absolute atomic E-state index is 11.3. The summed E-state index contributed by atoms with van der Waals surface area (Å²) in [6.45, 7) is 0. The number of aliphatic carboxylic acids is 1. The summed E-state index contributed by atoms with van der Waals surface area (Å²) in [6.07, 6.45) is 5.07. The molecule has 0 aromatic rings. The fourth-order valence-corrected chi connectivity index (χ4v) is 2.19. The predicted molar refractivity (Wildman–Crippen MR) is 51.6 cm³/mol. The second kappa shape index (κ2) is 4.44. The highest BCUT2D eigenvalue weighted by atomic mass is 16.4. The molecule has 0 radical (unpaired) electrons. The number of hydrogen-bond donors (Lipinski definition) is 2. The van der Waals surface area contributed by atoms with E-state index in [0.29, 0.717) is 6.42 Å². The van der Waals surface area contributed by atoms with E-state index in [1.807, 2.05) is 0 Å². The van der Waals surface area contributed by atoms with Crippen molar-refractivity contribution in [2.75, 3.05) is 0 Å². The van der Waals surface area contributed by atoms with E-state index in [9.17, 15) is 9.59 Å². The molecular weight excluding hydrogens is 182 g/mol. The van der Waals surface area contributed by atoms with Crippen LogP contribution in [-0.2, 0) is 9.59 Å². The zero-order valence-corrected chi connectivity index (χ0v) is 8.29. The van der Waals surface area contributed by atoms with E-state index in [-0.39, 0.29) is 12.3 Å². The Kier molecular flexibility index (Phi) is 3.49. The monoisotopic (exact) mass is 199 g/mol. The van der Waals surface area contributed by atoms with E-state index >= 15 is 0 Å². The summed E-state index contributed by atoms with van der Waals surface area (Å²) >= 11 is 0. The highest BCUT2D eigenvalue weighted by Crippen LogP contribution is 2.39. The Morgan fingerprint density at radius 2 is 1.79 bits per heavy atom. The van der Waals surface area contributed by atoms with Gasteiger partial charge in [-0.1, -0.05) is 19.3 Å². The average Bonchev–Trinajstić information content (AvgIpc) is 2.16. The summed E-state index contributed by atoms with van der Waals surface area (Å²) in [7, 11) is 0. The molecular formula is C10H17NO3. The molecule has 14 heavy (non-hydrogen) atoms. The quantitative estimate of drug-likeness (QED) is 0.715. The van der Waals surface area contributed by atoms with E-state index in [2.05, 4.69) is 0 Å². The minimum atomic E-state index is -0.851. The molecule has 0 aromatic carbocycles. The third-order valence-corrected chi connectivity index (χ3v) is 3.15. The van der Waals surface area contributed by atoms with Crippen LogP contribution in [-0.4, -0.2) is 17.0 Å². The first kappa shape index (κ1) is 11.0. The number of carbonyl (C=O) groups is 2. The molecule has 0 aromatic heterocycles. The third-order valence-electron chi connectivity index (χ3n) is 3.15. The van der Waals surface area contributed by atoms with Gasteiger partial charge in [-0.2, -0.15) is 0 Å². The van der Waals surface area contributed by atoms with Gasteiger partial charge in [-0.05, 0) is 19.3 Å². The van der Waals surface area contributed by atoms with Crippen molar-refractivity contribution in [1.82, 2.24) is 0 Å². The lowest BCUT2D eigenvalue weighted by molar-refractivity contribution is -0.139. The third kappa shape index (κ3) is 2.47. The Bertz CT molecular complexity index is 232. The van der Waals surface area contributed by atoms with Gasteiger partial charge in [0.1, 0.15) is 0 Å². The number of carboxylic acids is 1. The van der Waals surface area contributed by atoms with Crippen molar-refractivity contribution < 1.29 is 14.7 Å². The van der Waals surface area contributed by atoms with E-state index in [1.54, 1.807) is 0 Å². The minimum Gasteiger partial charge on any atom is -0.481 e. The zero-order chi connectivity index (χ0) is 10.6. The SMILES string of the molecule is NC(=O)C1(CCC(=O)O)CCCCC1. The van der Waals surface area contributed by atoms with Crippen molar-refractivity contribution >= 4 is 11.9 Å². The molecule has 0 aliphatic heterocycles. The Morgan fingerprint density at radius 1 is 1.21 bits per heavy atom. The average molecular weight is 199 g/mol. The van der Waals surface area contributed by atoms with Gasteiger partial charge in [-0.3, -0.25) is 9.59 Å². The molecule has 80 valence electrons. The predicted octanol–water partition coefficient (Wildman–Crippen LogP) is 1.29. The maximum atomic E-state index is 11.3. The molecule has 0 heterocycles. The van der Waals surface area contributed by atoms with Crippen LogP contribution in [0, 0.1) is 5.41 Å². The molecule has 0 saturated heterocycles. The van der Waals surface area contributed by atoms with Gasteiger partial charge in [0.05, 0.1) is 0 Å². The summed E-state index contributed by atoms with van der Waals surface area (Å²) in [6, 6.07) is 0. The Balaban J connectivity index is 2.60. The second-order valence-electron chi connectivity index (χ2n) is 4.10. The van der Waals surface area contributed by atoms with E-state index in [4.69, 9.17) is 10.8 Å². The van der Waals surface area contributed by atoms with Crippen molar-refractivity contribution in [2.45, 2.75) is 44.9 Å². The molecule has 1 amide bonds. The smallest absolute Gasteiger partial charge is 0.303 e. The fourth-order valence-electron chi connectivity index (χ4n) is 2.19. The van der Waals surface area contributed by atoms with Crippen molar-refractivity contribution in [2.24, 2.45) is 11.1 Å². The van der Waals surface area contributed by atoms with E-state index in [0.717, 1.165) is 32.1 Å². The minimum absolute atomic E-state index is 0.0446. The van der Waals surface area contributed by atoms with Crippen molar-refractivity contribution in [3.8, 4) is 0 Å². The van der Waals surface area contributed by atoms with Gasteiger partial charge in [0.2, 0.25) is 5.91 Å². The lowest BCUT2D eigenvalue weighted by Gasteiger charge is -2.33. The Hall–Kier alpha value is -1.06. The number of rotatable bonds is 4. The summed E-state index contributed by atoms with van der Waals surface area (Å²) in [5.41, 5.74) is 4.83. The van der Waals surface area contributed by atoms with Crippen LogP contribution >= 0.6 is 0 Å². The number of amides is 1. The molecule has 0 spiro atoms. The molecule has 1 rings (SSSR count). The highest BCUT2D eigenvalue weighted by molar-refractivity contribution is 5.81. The van der Waals surface area contributed by atoms with E-state index < -0.39 is 11.4 Å². The van der Waals surface area contributed by atoms with Gasteiger partial charge in [0, 0.05) is 11.8 Å². The number of nitrogens with two attached hydrogens (primary N) is 1. The van der Waals surface area contributed by atoms with E-state index in [1.165, 1.54) is 0 Å². The molecule has 0 bridgehead atoms. The summed E-state index contributed by atoms with van der Waals surface area (Å²) in [4.78, 5) is 21.8. The number of hydrogen-bond acceptors (Lipinski definition) is 2. The summed E-state index contributed by atoms with van der Waals surface area (Å²) < 4.78 is 0. The molecule has 0 unspecified atom stereocenters. The molecule has 1 aliphatic carbocycles. The van der Waals surface area contributed by atoms with Gasteiger partial charge >= 0.3 is 5.97 Å². The lowest BCUT2D eigenvalue weighted by Crippen LogP contribution is -2.39. The van der Waals surface area contributed by atoms with Crippen LogP contribution in [0.3, 0.4) is 0 Å². The molecule has 4 heteroatoms. The van der Waals surface area contributed by atoms with Crippen molar-refractivity contribution in [1.29, 1.82) is 0 Å². The molecule has 0 atom stereocenters. The molecule has 1 saturated carbocycles. The zero-order valence-electron chi connectivity index (χ0n) is 8.29. The fraction of sp³-hybridized carbons (Fsp3) is 0.800. The molecule has 1 aliphatic rings. The van der Waals surface area contributed by atoms with Gasteiger partial charge in [0.25, 0.3) is 0 Å². The second-order valence-corrected chi connectivity index (χ2v) is 4.10. The maximum Gasteiger partial charge on any atom is 0.303 e. The first-order valence-corrected chi connectivity index (χ1v) is 5.08. The Morgan fingerprint density at radius 3 is 2.21 bits per heavy atom. The lowest BCUT2D eigenvalue weighted by atomic mass is 9.70.